The van der Waals surface area contributed by atoms with Gasteiger partial charge in [0.15, 0.2) is 0 Å². The maximum atomic E-state index is 6.11. The smallest absolute Gasteiger partial charge is 0.147 e. The fourth-order valence-corrected chi connectivity index (χ4v) is 2.40. The van der Waals surface area contributed by atoms with Crippen molar-refractivity contribution in [1.29, 1.82) is 0 Å². The van der Waals surface area contributed by atoms with Gasteiger partial charge >= 0.3 is 0 Å². The Balaban J connectivity index is 2.82. The Morgan fingerprint density at radius 1 is 0.950 bits per heavy atom. The van der Waals surface area contributed by atoms with Crippen LogP contribution < -0.4 is 5.73 Å². The van der Waals surface area contributed by atoms with Crippen LogP contribution in [-0.2, 0) is 28.4 Å². The highest BCUT2D eigenvalue weighted by Gasteiger charge is 2.40. The van der Waals surface area contributed by atoms with Crippen molar-refractivity contribution in [2.75, 3.05) is 41.7 Å². The molecule has 0 aliphatic heterocycles. The zero-order valence-corrected chi connectivity index (χ0v) is 13.5. The highest BCUT2D eigenvalue weighted by molar-refractivity contribution is 9.11. The molecule has 0 spiro atoms. The highest BCUT2D eigenvalue weighted by atomic mass is 79.9. The van der Waals surface area contributed by atoms with Crippen molar-refractivity contribution in [2.45, 2.75) is 24.4 Å². The van der Waals surface area contributed by atoms with E-state index >= 15 is 0 Å². The van der Waals surface area contributed by atoms with E-state index in [0.717, 1.165) is 4.48 Å². The second-order valence-electron chi connectivity index (χ2n) is 4.19. The standard InChI is InChI=1S/C12H22BrNO6/c1-15-5-18-9-4-8(13)10(14)12(20-7-17-3)11(9)19-6-16-2/h4,9-12H,5-7,14H2,1-3H3/t9-,10+,11-,12-/m1/s1. The average Bonchev–Trinajstić information content (AvgIpc) is 2.45. The number of methoxy groups -OCH3 is 3. The molecule has 0 saturated carbocycles. The summed E-state index contributed by atoms with van der Waals surface area (Å²) in [7, 11) is 4.64. The van der Waals surface area contributed by atoms with E-state index in [1.807, 2.05) is 6.08 Å². The molecule has 0 bridgehead atoms. The van der Waals surface area contributed by atoms with Crippen molar-refractivity contribution in [2.24, 2.45) is 5.73 Å². The molecule has 0 aromatic rings. The first-order chi connectivity index (χ1) is 9.65. The first-order valence-electron chi connectivity index (χ1n) is 6.10. The zero-order chi connectivity index (χ0) is 15.0. The monoisotopic (exact) mass is 355 g/mol. The molecule has 2 N–H and O–H groups in total. The van der Waals surface area contributed by atoms with Gasteiger partial charge in [-0.3, -0.25) is 0 Å². The van der Waals surface area contributed by atoms with E-state index < -0.39 is 12.2 Å². The fourth-order valence-electron chi connectivity index (χ4n) is 1.88. The summed E-state index contributed by atoms with van der Waals surface area (Å²) in [6.45, 7) is 0.367. The number of hydrogen-bond donors (Lipinski definition) is 1. The van der Waals surface area contributed by atoms with Gasteiger partial charge in [-0.2, -0.15) is 0 Å². The lowest BCUT2D eigenvalue weighted by Crippen LogP contribution is -2.55. The van der Waals surface area contributed by atoms with Crippen molar-refractivity contribution in [1.82, 2.24) is 0 Å². The summed E-state index contributed by atoms with van der Waals surface area (Å²) >= 11 is 3.42. The van der Waals surface area contributed by atoms with Crippen molar-refractivity contribution in [3.05, 3.63) is 10.6 Å². The lowest BCUT2D eigenvalue weighted by atomic mass is 9.94. The van der Waals surface area contributed by atoms with E-state index in [1.54, 1.807) is 21.3 Å². The summed E-state index contributed by atoms with van der Waals surface area (Å²) < 4.78 is 32.4. The fraction of sp³-hybridized carbons (Fsp3) is 0.833. The van der Waals surface area contributed by atoms with Crippen molar-refractivity contribution in [3.8, 4) is 0 Å². The largest absolute Gasteiger partial charge is 0.359 e. The SMILES string of the molecule is COCO[C@H]1[C@H](OCOC)[C@@H](N)C(Br)=C[C@H]1OCOC. The van der Waals surface area contributed by atoms with Crippen molar-refractivity contribution in [3.63, 3.8) is 0 Å². The van der Waals surface area contributed by atoms with Crippen LogP contribution in [0, 0.1) is 0 Å². The van der Waals surface area contributed by atoms with E-state index in [-0.39, 0.29) is 32.5 Å². The Bertz CT molecular complexity index is 304. The molecule has 7 nitrogen and oxygen atoms in total. The third-order valence-electron chi connectivity index (χ3n) is 2.78. The van der Waals surface area contributed by atoms with Gasteiger partial charge in [-0.05, 0) is 6.08 Å². The van der Waals surface area contributed by atoms with Gasteiger partial charge in [-0.25, -0.2) is 0 Å². The van der Waals surface area contributed by atoms with Crippen LogP contribution in [0.3, 0.4) is 0 Å². The molecule has 0 radical (unpaired) electrons. The summed E-state index contributed by atoms with van der Waals surface area (Å²) in [6.07, 6.45) is 0.639. The van der Waals surface area contributed by atoms with Crippen LogP contribution in [0.25, 0.3) is 0 Å². The summed E-state index contributed by atoms with van der Waals surface area (Å²) in [6, 6.07) is -0.366. The Hall–Kier alpha value is -0.0600. The molecular weight excluding hydrogens is 334 g/mol. The first kappa shape index (κ1) is 18.0. The average molecular weight is 356 g/mol. The van der Waals surface area contributed by atoms with Gasteiger partial charge in [0, 0.05) is 25.8 Å². The van der Waals surface area contributed by atoms with Crippen LogP contribution in [0.15, 0.2) is 10.6 Å². The van der Waals surface area contributed by atoms with Gasteiger partial charge < -0.3 is 34.2 Å². The van der Waals surface area contributed by atoms with Crippen LogP contribution >= 0.6 is 15.9 Å². The molecule has 20 heavy (non-hydrogen) atoms. The topological polar surface area (TPSA) is 81.4 Å². The van der Waals surface area contributed by atoms with E-state index in [0.29, 0.717) is 0 Å². The zero-order valence-electron chi connectivity index (χ0n) is 11.9. The third-order valence-corrected chi connectivity index (χ3v) is 3.57. The summed E-state index contributed by atoms with van der Waals surface area (Å²) in [5.41, 5.74) is 6.11. The number of ether oxygens (including phenoxy) is 6. The van der Waals surface area contributed by atoms with Crippen LogP contribution in [-0.4, -0.2) is 66.1 Å². The predicted octanol–water partition coefficient (Wildman–Crippen LogP) is 0.573. The summed E-state index contributed by atoms with van der Waals surface area (Å²) in [5, 5.41) is 0. The second-order valence-corrected chi connectivity index (χ2v) is 5.11. The molecule has 0 aromatic carbocycles. The van der Waals surface area contributed by atoms with Crippen LogP contribution in [0.4, 0.5) is 0 Å². The maximum absolute atomic E-state index is 6.11. The molecular formula is C12H22BrNO6. The molecule has 1 aliphatic rings. The minimum atomic E-state index is -0.425. The van der Waals surface area contributed by atoms with Crippen LogP contribution in [0.2, 0.25) is 0 Å². The number of hydrogen-bond acceptors (Lipinski definition) is 7. The van der Waals surface area contributed by atoms with Crippen molar-refractivity contribution >= 4 is 15.9 Å². The van der Waals surface area contributed by atoms with Gasteiger partial charge in [0.2, 0.25) is 0 Å². The molecule has 0 saturated heterocycles. The third kappa shape index (κ3) is 5.05. The summed E-state index contributed by atoms with van der Waals surface area (Å²) in [4.78, 5) is 0. The first-order valence-corrected chi connectivity index (χ1v) is 6.89. The van der Waals surface area contributed by atoms with Gasteiger partial charge in [0.05, 0.1) is 6.04 Å². The molecule has 0 heterocycles. The van der Waals surface area contributed by atoms with Crippen LogP contribution in [0.1, 0.15) is 0 Å². The lowest BCUT2D eigenvalue weighted by molar-refractivity contribution is -0.202. The second kappa shape index (κ2) is 9.80. The van der Waals surface area contributed by atoms with Gasteiger partial charge in [0.25, 0.3) is 0 Å². The number of rotatable bonds is 9. The maximum Gasteiger partial charge on any atom is 0.147 e. The Morgan fingerprint density at radius 2 is 1.45 bits per heavy atom. The minimum absolute atomic E-state index is 0.114. The lowest BCUT2D eigenvalue weighted by Gasteiger charge is -2.38. The number of nitrogens with two attached hydrogens (primary N) is 1. The Kier molecular flexibility index (Phi) is 8.82. The Morgan fingerprint density at radius 3 is 2.00 bits per heavy atom. The predicted molar refractivity (Wildman–Crippen MR) is 75.2 cm³/mol. The van der Waals surface area contributed by atoms with Crippen molar-refractivity contribution < 1.29 is 28.4 Å². The Labute approximate surface area is 127 Å². The molecule has 0 fully saturated rings. The van der Waals surface area contributed by atoms with Crippen LogP contribution in [0.5, 0.6) is 0 Å². The molecule has 0 aromatic heterocycles. The quantitative estimate of drug-likeness (QED) is 0.605. The normalized spacial score (nSPS) is 30.4. The van der Waals surface area contributed by atoms with E-state index in [1.165, 1.54) is 0 Å². The number of halogens is 1. The van der Waals surface area contributed by atoms with E-state index in [4.69, 9.17) is 34.2 Å². The molecule has 118 valence electrons. The molecule has 4 atom stereocenters. The summed E-state index contributed by atoms with van der Waals surface area (Å²) in [5.74, 6) is 0. The molecule has 0 unspecified atom stereocenters. The van der Waals surface area contributed by atoms with E-state index in [9.17, 15) is 0 Å². The molecule has 1 rings (SSSR count). The molecule has 0 amide bonds. The molecule has 8 heteroatoms. The van der Waals surface area contributed by atoms with Gasteiger partial charge in [-0.15, -0.1) is 0 Å². The van der Waals surface area contributed by atoms with Gasteiger partial charge in [0.1, 0.15) is 38.7 Å². The highest BCUT2D eigenvalue weighted by Crippen LogP contribution is 2.28. The van der Waals surface area contributed by atoms with E-state index in [2.05, 4.69) is 15.9 Å². The van der Waals surface area contributed by atoms with Gasteiger partial charge in [-0.1, -0.05) is 15.9 Å². The minimum Gasteiger partial charge on any atom is -0.359 e. The molecule has 1 aliphatic carbocycles.